The van der Waals surface area contributed by atoms with Crippen LogP contribution >= 0.6 is 11.8 Å². The molecule has 1 fully saturated rings. The van der Waals surface area contributed by atoms with E-state index in [0.29, 0.717) is 24.7 Å². The third-order valence-corrected chi connectivity index (χ3v) is 6.13. The SMILES string of the molecule is CCN(C(=O)CSc1nnnn1CC)C1CCS(=O)(=O)C1. The highest BCUT2D eigenvalue weighted by molar-refractivity contribution is 7.99. The summed E-state index contributed by atoms with van der Waals surface area (Å²) in [5.41, 5.74) is 0. The smallest absolute Gasteiger partial charge is 0.233 e. The number of amides is 1. The molecule has 0 saturated carbocycles. The Morgan fingerprint density at radius 2 is 2.24 bits per heavy atom. The number of carbonyl (C=O) groups is 1. The zero-order valence-electron chi connectivity index (χ0n) is 12.1. The van der Waals surface area contributed by atoms with Crippen molar-refractivity contribution < 1.29 is 13.2 Å². The number of hydrogen-bond acceptors (Lipinski definition) is 7. The maximum atomic E-state index is 12.3. The van der Waals surface area contributed by atoms with Crippen LogP contribution in [0.1, 0.15) is 20.3 Å². The number of nitrogens with zero attached hydrogens (tertiary/aromatic N) is 5. The van der Waals surface area contributed by atoms with E-state index in [-0.39, 0.29) is 29.2 Å². The molecule has 1 aromatic rings. The predicted molar refractivity (Wildman–Crippen MR) is 78.7 cm³/mol. The molecular weight excluding hydrogens is 314 g/mol. The van der Waals surface area contributed by atoms with Gasteiger partial charge in [-0.3, -0.25) is 4.79 Å². The lowest BCUT2D eigenvalue weighted by atomic mass is 10.2. The number of carbonyl (C=O) groups excluding carboxylic acids is 1. The molecule has 1 aromatic heterocycles. The van der Waals surface area contributed by atoms with Gasteiger partial charge >= 0.3 is 0 Å². The standard InChI is InChI=1S/C11H19N5O3S2/c1-3-15(9-5-6-21(18,19)8-9)10(17)7-20-11-12-13-14-16(11)4-2/h9H,3-8H2,1-2H3. The number of rotatable bonds is 6. The van der Waals surface area contributed by atoms with E-state index in [1.165, 1.54) is 11.8 Å². The van der Waals surface area contributed by atoms with Gasteiger partial charge in [0.15, 0.2) is 9.84 Å². The molecule has 1 saturated heterocycles. The Morgan fingerprint density at radius 1 is 1.48 bits per heavy atom. The molecule has 1 aliphatic heterocycles. The van der Waals surface area contributed by atoms with E-state index in [4.69, 9.17) is 0 Å². The van der Waals surface area contributed by atoms with E-state index < -0.39 is 9.84 Å². The topological polar surface area (TPSA) is 98.1 Å². The van der Waals surface area contributed by atoms with E-state index in [2.05, 4.69) is 15.5 Å². The molecule has 118 valence electrons. The predicted octanol–water partition coefficient (Wildman–Crippen LogP) is -0.179. The van der Waals surface area contributed by atoms with Crippen LogP contribution in [-0.4, -0.2) is 69.3 Å². The highest BCUT2D eigenvalue weighted by atomic mass is 32.2. The van der Waals surface area contributed by atoms with Crippen LogP contribution in [0.15, 0.2) is 5.16 Å². The second-order valence-corrected chi connectivity index (χ2v) is 7.97. The minimum atomic E-state index is -2.99. The molecule has 10 heteroatoms. The van der Waals surface area contributed by atoms with Gasteiger partial charge in [0.1, 0.15) is 0 Å². The lowest BCUT2D eigenvalue weighted by Crippen LogP contribution is -2.42. The van der Waals surface area contributed by atoms with Crippen LogP contribution in [0, 0.1) is 0 Å². The van der Waals surface area contributed by atoms with Gasteiger partial charge in [0.05, 0.1) is 17.3 Å². The molecule has 21 heavy (non-hydrogen) atoms. The molecule has 1 amide bonds. The first kappa shape index (κ1) is 16.2. The molecule has 2 rings (SSSR count). The van der Waals surface area contributed by atoms with Gasteiger partial charge in [-0.2, -0.15) is 0 Å². The van der Waals surface area contributed by atoms with E-state index in [0.717, 1.165) is 0 Å². The van der Waals surface area contributed by atoms with Crippen molar-refractivity contribution in [3.63, 3.8) is 0 Å². The van der Waals surface area contributed by atoms with Crippen molar-refractivity contribution in [3.8, 4) is 0 Å². The van der Waals surface area contributed by atoms with Crippen molar-refractivity contribution >= 4 is 27.5 Å². The van der Waals surface area contributed by atoms with Crippen molar-refractivity contribution in [2.75, 3.05) is 23.8 Å². The van der Waals surface area contributed by atoms with Crippen molar-refractivity contribution in [2.24, 2.45) is 0 Å². The first-order valence-electron chi connectivity index (χ1n) is 6.85. The lowest BCUT2D eigenvalue weighted by molar-refractivity contribution is -0.129. The summed E-state index contributed by atoms with van der Waals surface area (Å²) in [5, 5.41) is 11.8. The highest BCUT2D eigenvalue weighted by Crippen LogP contribution is 2.20. The number of thioether (sulfide) groups is 1. The molecule has 1 unspecified atom stereocenters. The Morgan fingerprint density at radius 3 is 2.81 bits per heavy atom. The summed E-state index contributed by atoms with van der Waals surface area (Å²) >= 11 is 1.27. The molecule has 0 aromatic carbocycles. The van der Waals surface area contributed by atoms with E-state index in [1.807, 2.05) is 13.8 Å². The maximum Gasteiger partial charge on any atom is 0.233 e. The summed E-state index contributed by atoms with van der Waals surface area (Å²) in [4.78, 5) is 13.9. The molecule has 8 nitrogen and oxygen atoms in total. The summed E-state index contributed by atoms with van der Waals surface area (Å²) in [7, 11) is -2.99. The molecule has 0 spiro atoms. The molecule has 0 aliphatic carbocycles. The Bertz CT molecular complexity index is 601. The van der Waals surface area contributed by atoms with Gasteiger partial charge in [-0.15, -0.1) is 5.10 Å². The highest BCUT2D eigenvalue weighted by Gasteiger charge is 2.33. The number of hydrogen-bond donors (Lipinski definition) is 0. The van der Waals surface area contributed by atoms with Gasteiger partial charge in [0.25, 0.3) is 0 Å². The zero-order chi connectivity index (χ0) is 15.5. The van der Waals surface area contributed by atoms with Crippen LogP contribution in [-0.2, 0) is 21.2 Å². The van der Waals surface area contributed by atoms with Gasteiger partial charge in [0.2, 0.25) is 11.1 Å². The van der Waals surface area contributed by atoms with Gasteiger partial charge in [-0.05, 0) is 30.7 Å². The molecule has 0 bridgehead atoms. The Kier molecular flexibility index (Phi) is 5.20. The largest absolute Gasteiger partial charge is 0.338 e. The molecular formula is C11H19N5O3S2. The Balaban J connectivity index is 1.95. The first-order chi connectivity index (χ1) is 9.96. The normalized spacial score (nSPS) is 20.6. The van der Waals surface area contributed by atoms with Crippen LogP contribution in [0.2, 0.25) is 0 Å². The second kappa shape index (κ2) is 6.73. The summed E-state index contributed by atoms with van der Waals surface area (Å²) in [5.74, 6) is 0.382. The van der Waals surface area contributed by atoms with Gasteiger partial charge in [0, 0.05) is 19.1 Å². The van der Waals surface area contributed by atoms with Crippen LogP contribution in [0.4, 0.5) is 0 Å². The lowest BCUT2D eigenvalue weighted by Gasteiger charge is -2.26. The van der Waals surface area contributed by atoms with Gasteiger partial charge in [-0.25, -0.2) is 13.1 Å². The molecule has 2 heterocycles. The van der Waals surface area contributed by atoms with Crippen LogP contribution < -0.4 is 0 Å². The third kappa shape index (κ3) is 3.94. The quantitative estimate of drug-likeness (QED) is 0.666. The van der Waals surface area contributed by atoms with Gasteiger partial charge < -0.3 is 4.90 Å². The van der Waals surface area contributed by atoms with Crippen LogP contribution in [0.3, 0.4) is 0 Å². The average Bonchev–Trinajstić information content (AvgIpc) is 3.03. The van der Waals surface area contributed by atoms with Crippen LogP contribution in [0.25, 0.3) is 0 Å². The van der Waals surface area contributed by atoms with Crippen molar-refractivity contribution in [1.82, 2.24) is 25.1 Å². The monoisotopic (exact) mass is 333 g/mol. The average molecular weight is 333 g/mol. The van der Waals surface area contributed by atoms with E-state index in [9.17, 15) is 13.2 Å². The Hall–Kier alpha value is -1.16. The Labute approximate surface area is 128 Å². The first-order valence-corrected chi connectivity index (χ1v) is 9.66. The zero-order valence-corrected chi connectivity index (χ0v) is 13.7. The van der Waals surface area contributed by atoms with Crippen molar-refractivity contribution in [1.29, 1.82) is 0 Å². The van der Waals surface area contributed by atoms with E-state index >= 15 is 0 Å². The number of aryl methyl sites for hydroxylation is 1. The summed E-state index contributed by atoms with van der Waals surface area (Å²) in [6.07, 6.45) is 0.527. The number of sulfone groups is 1. The minimum Gasteiger partial charge on any atom is -0.338 e. The molecule has 0 N–H and O–H groups in total. The van der Waals surface area contributed by atoms with Gasteiger partial charge in [-0.1, -0.05) is 11.8 Å². The van der Waals surface area contributed by atoms with Crippen molar-refractivity contribution in [3.05, 3.63) is 0 Å². The van der Waals surface area contributed by atoms with E-state index in [1.54, 1.807) is 9.58 Å². The fraction of sp³-hybridized carbons (Fsp3) is 0.818. The molecule has 1 atom stereocenters. The fourth-order valence-corrected chi connectivity index (χ4v) is 4.92. The summed E-state index contributed by atoms with van der Waals surface area (Å²) < 4.78 is 24.7. The minimum absolute atomic E-state index is 0.0734. The molecule has 1 aliphatic rings. The third-order valence-electron chi connectivity index (χ3n) is 3.43. The summed E-state index contributed by atoms with van der Waals surface area (Å²) in [6, 6.07) is -0.199. The second-order valence-electron chi connectivity index (χ2n) is 4.80. The number of aromatic nitrogens is 4. The maximum absolute atomic E-state index is 12.3. The van der Waals surface area contributed by atoms with Crippen molar-refractivity contribution in [2.45, 2.75) is 38.0 Å². The fourth-order valence-electron chi connectivity index (χ4n) is 2.37. The number of tetrazole rings is 1. The summed E-state index contributed by atoms with van der Waals surface area (Å²) in [6.45, 7) is 4.94. The molecule has 0 radical (unpaired) electrons. The van der Waals surface area contributed by atoms with Crippen LogP contribution in [0.5, 0.6) is 0 Å².